The van der Waals surface area contributed by atoms with Gasteiger partial charge in [0.1, 0.15) is 5.82 Å². The topological polar surface area (TPSA) is 55.1 Å². The zero-order valence-corrected chi connectivity index (χ0v) is 14.6. The number of rotatable bonds is 6. The van der Waals surface area contributed by atoms with Gasteiger partial charge in [0.15, 0.2) is 0 Å². The van der Waals surface area contributed by atoms with Gasteiger partial charge < -0.3 is 11.1 Å². The lowest BCUT2D eigenvalue weighted by Crippen LogP contribution is -2.30. The Bertz CT molecular complexity index is 718. The molecule has 24 heavy (non-hydrogen) atoms. The molecule has 0 saturated heterocycles. The Morgan fingerprint density at radius 1 is 1.29 bits per heavy atom. The van der Waals surface area contributed by atoms with Crippen LogP contribution in [-0.4, -0.2) is 11.9 Å². The predicted molar refractivity (Wildman–Crippen MR) is 95.5 cm³/mol. The van der Waals surface area contributed by atoms with Crippen LogP contribution in [0.4, 0.5) is 4.39 Å². The van der Waals surface area contributed by atoms with Crippen molar-refractivity contribution >= 4 is 17.5 Å². The lowest BCUT2D eigenvalue weighted by atomic mass is 9.96. The average Bonchev–Trinajstić information content (AvgIpc) is 2.54. The summed E-state index contributed by atoms with van der Waals surface area (Å²) in [5.41, 5.74) is 7.80. The van der Waals surface area contributed by atoms with E-state index in [0.717, 1.165) is 11.1 Å². The highest BCUT2D eigenvalue weighted by Crippen LogP contribution is 2.29. The van der Waals surface area contributed by atoms with Gasteiger partial charge in [-0.2, -0.15) is 0 Å². The minimum atomic E-state index is -0.432. The largest absolute Gasteiger partial charge is 0.345 e. The highest BCUT2D eigenvalue weighted by Gasteiger charge is 2.20. The van der Waals surface area contributed by atoms with E-state index in [2.05, 4.69) is 5.32 Å². The fourth-order valence-corrected chi connectivity index (χ4v) is 2.73. The van der Waals surface area contributed by atoms with Gasteiger partial charge >= 0.3 is 0 Å². The zero-order valence-electron chi connectivity index (χ0n) is 13.9. The molecule has 0 saturated carbocycles. The third-order valence-electron chi connectivity index (χ3n) is 3.86. The summed E-state index contributed by atoms with van der Waals surface area (Å²) < 4.78 is 13.6. The summed E-state index contributed by atoms with van der Waals surface area (Å²) in [7, 11) is 0. The van der Waals surface area contributed by atoms with E-state index >= 15 is 0 Å². The standard InChI is InChI=1S/C19H22ClFN2O/c1-12-11-14(8-9-17(12)21)19(15-5-3-4-6-16(15)20)23-18(24)10-7-13(2)22/h3-6,8-9,11,13,19H,7,10,22H2,1-2H3,(H,23,24). The molecule has 0 spiro atoms. The average molecular weight is 349 g/mol. The number of amides is 1. The van der Waals surface area contributed by atoms with Crippen LogP contribution in [0.3, 0.4) is 0 Å². The van der Waals surface area contributed by atoms with Crippen molar-refractivity contribution in [3.05, 3.63) is 70.0 Å². The Kier molecular flexibility index (Phi) is 6.35. The Balaban J connectivity index is 2.33. The SMILES string of the molecule is Cc1cc(C(NC(=O)CCC(C)N)c2ccccc2Cl)ccc1F. The lowest BCUT2D eigenvalue weighted by molar-refractivity contribution is -0.121. The molecule has 128 valence electrons. The van der Waals surface area contributed by atoms with Crippen molar-refractivity contribution in [2.45, 2.75) is 38.8 Å². The molecule has 0 fully saturated rings. The second kappa shape index (κ2) is 8.27. The van der Waals surface area contributed by atoms with Crippen LogP contribution in [0.2, 0.25) is 5.02 Å². The van der Waals surface area contributed by atoms with Crippen LogP contribution in [0.1, 0.15) is 42.5 Å². The number of nitrogens with two attached hydrogens (primary N) is 1. The van der Waals surface area contributed by atoms with Gasteiger partial charge in [-0.25, -0.2) is 4.39 Å². The first-order valence-corrected chi connectivity index (χ1v) is 8.31. The highest BCUT2D eigenvalue weighted by atomic mass is 35.5. The van der Waals surface area contributed by atoms with Gasteiger partial charge in [0, 0.05) is 17.5 Å². The molecule has 3 N–H and O–H groups in total. The predicted octanol–water partition coefficient (Wildman–Crippen LogP) is 4.12. The number of halogens is 2. The van der Waals surface area contributed by atoms with Crippen molar-refractivity contribution in [3.63, 3.8) is 0 Å². The fourth-order valence-electron chi connectivity index (χ4n) is 2.49. The summed E-state index contributed by atoms with van der Waals surface area (Å²) in [6, 6.07) is 11.7. The monoisotopic (exact) mass is 348 g/mol. The second-order valence-electron chi connectivity index (χ2n) is 6.05. The van der Waals surface area contributed by atoms with E-state index in [9.17, 15) is 9.18 Å². The van der Waals surface area contributed by atoms with E-state index in [4.69, 9.17) is 17.3 Å². The molecule has 0 aliphatic carbocycles. The van der Waals surface area contributed by atoms with Crippen LogP contribution in [0, 0.1) is 12.7 Å². The molecule has 0 aromatic heterocycles. The van der Waals surface area contributed by atoms with Gasteiger partial charge in [-0.15, -0.1) is 0 Å². The molecular formula is C19H22ClFN2O. The Morgan fingerprint density at radius 2 is 2.00 bits per heavy atom. The van der Waals surface area contributed by atoms with Crippen LogP contribution < -0.4 is 11.1 Å². The maximum Gasteiger partial charge on any atom is 0.220 e. The molecule has 0 aliphatic heterocycles. The Hall–Kier alpha value is -1.91. The normalized spacial score (nSPS) is 13.4. The smallest absolute Gasteiger partial charge is 0.220 e. The van der Waals surface area contributed by atoms with Gasteiger partial charge in [-0.1, -0.05) is 41.9 Å². The van der Waals surface area contributed by atoms with Crippen LogP contribution in [0.5, 0.6) is 0 Å². The summed E-state index contributed by atoms with van der Waals surface area (Å²) in [6.07, 6.45) is 0.933. The molecule has 0 heterocycles. The van der Waals surface area contributed by atoms with E-state index in [0.29, 0.717) is 23.4 Å². The number of nitrogens with one attached hydrogen (secondary N) is 1. The first kappa shape index (κ1) is 18.4. The summed E-state index contributed by atoms with van der Waals surface area (Å²) in [5, 5.41) is 3.54. The molecule has 0 radical (unpaired) electrons. The van der Waals surface area contributed by atoms with E-state index < -0.39 is 6.04 Å². The van der Waals surface area contributed by atoms with Crippen molar-refractivity contribution in [1.82, 2.24) is 5.32 Å². The molecule has 2 aromatic carbocycles. The fraction of sp³-hybridized carbons (Fsp3) is 0.316. The van der Waals surface area contributed by atoms with Crippen molar-refractivity contribution in [2.75, 3.05) is 0 Å². The highest BCUT2D eigenvalue weighted by molar-refractivity contribution is 6.31. The molecule has 3 nitrogen and oxygen atoms in total. The lowest BCUT2D eigenvalue weighted by Gasteiger charge is -2.22. The summed E-state index contributed by atoms with van der Waals surface area (Å²) in [6.45, 7) is 3.56. The Morgan fingerprint density at radius 3 is 2.62 bits per heavy atom. The maximum atomic E-state index is 13.6. The minimum Gasteiger partial charge on any atom is -0.345 e. The first-order valence-electron chi connectivity index (χ1n) is 7.94. The first-order chi connectivity index (χ1) is 11.4. The molecule has 1 amide bonds. The van der Waals surface area contributed by atoms with E-state index in [1.54, 1.807) is 25.1 Å². The quantitative estimate of drug-likeness (QED) is 0.825. The molecule has 2 aromatic rings. The van der Waals surface area contributed by atoms with Crippen molar-refractivity contribution in [1.29, 1.82) is 0 Å². The van der Waals surface area contributed by atoms with E-state index in [-0.39, 0.29) is 17.8 Å². The number of carbonyl (C=O) groups excluding carboxylic acids is 1. The number of aryl methyl sites for hydroxylation is 1. The van der Waals surface area contributed by atoms with E-state index in [1.165, 1.54) is 6.07 Å². The van der Waals surface area contributed by atoms with Gasteiger partial charge in [-0.05, 0) is 49.1 Å². The summed E-state index contributed by atoms with van der Waals surface area (Å²) in [4.78, 5) is 12.3. The molecule has 0 bridgehead atoms. The van der Waals surface area contributed by atoms with Crippen molar-refractivity contribution in [3.8, 4) is 0 Å². The summed E-state index contributed by atoms with van der Waals surface area (Å²) >= 11 is 6.31. The van der Waals surface area contributed by atoms with Crippen LogP contribution in [0.15, 0.2) is 42.5 Å². The van der Waals surface area contributed by atoms with Crippen LogP contribution in [-0.2, 0) is 4.79 Å². The summed E-state index contributed by atoms with van der Waals surface area (Å²) in [5.74, 6) is -0.390. The number of benzene rings is 2. The number of hydrogen-bond acceptors (Lipinski definition) is 2. The number of carbonyl (C=O) groups is 1. The van der Waals surface area contributed by atoms with Gasteiger partial charge in [0.05, 0.1) is 6.04 Å². The molecule has 5 heteroatoms. The molecule has 2 unspecified atom stereocenters. The van der Waals surface area contributed by atoms with Crippen molar-refractivity contribution in [2.24, 2.45) is 5.73 Å². The van der Waals surface area contributed by atoms with Gasteiger partial charge in [0.2, 0.25) is 5.91 Å². The maximum absolute atomic E-state index is 13.6. The van der Waals surface area contributed by atoms with Crippen LogP contribution >= 0.6 is 11.6 Å². The molecule has 0 aliphatic rings. The van der Waals surface area contributed by atoms with Gasteiger partial charge in [-0.3, -0.25) is 4.79 Å². The number of hydrogen-bond donors (Lipinski definition) is 2. The second-order valence-corrected chi connectivity index (χ2v) is 6.45. The molecule has 2 rings (SSSR count). The minimum absolute atomic E-state index is 0.0393. The van der Waals surface area contributed by atoms with E-state index in [1.807, 2.05) is 25.1 Å². The molecular weight excluding hydrogens is 327 g/mol. The molecule has 2 atom stereocenters. The van der Waals surface area contributed by atoms with Gasteiger partial charge in [0.25, 0.3) is 0 Å². The Labute approximate surface area is 147 Å². The van der Waals surface area contributed by atoms with Crippen molar-refractivity contribution < 1.29 is 9.18 Å². The van der Waals surface area contributed by atoms with Crippen LogP contribution in [0.25, 0.3) is 0 Å². The third-order valence-corrected chi connectivity index (χ3v) is 4.21. The third kappa shape index (κ3) is 4.79. The zero-order chi connectivity index (χ0) is 17.7.